The average molecular weight is 465 g/mol. The Balaban J connectivity index is 1.41. The van der Waals surface area contributed by atoms with E-state index in [1.807, 2.05) is 30.3 Å². The van der Waals surface area contributed by atoms with Crippen molar-refractivity contribution in [1.29, 1.82) is 0 Å². The first-order chi connectivity index (χ1) is 17.2. The van der Waals surface area contributed by atoms with E-state index in [4.69, 9.17) is 4.98 Å². The van der Waals surface area contributed by atoms with Crippen molar-refractivity contribution in [2.45, 2.75) is 25.8 Å². The Bertz CT molecular complexity index is 1240. The number of hydrogen-bond donors (Lipinski definition) is 1. The molecule has 0 saturated carbocycles. The van der Waals surface area contributed by atoms with Crippen LogP contribution in [0.3, 0.4) is 0 Å². The highest BCUT2D eigenvalue weighted by Crippen LogP contribution is 2.30. The summed E-state index contributed by atoms with van der Waals surface area (Å²) < 4.78 is 0. The van der Waals surface area contributed by atoms with Gasteiger partial charge in [0.15, 0.2) is 0 Å². The Kier molecular flexibility index (Phi) is 7.05. The number of hydrogen-bond acceptors (Lipinski definition) is 4. The van der Waals surface area contributed by atoms with Gasteiger partial charge in [-0.1, -0.05) is 104 Å². The van der Waals surface area contributed by atoms with Crippen LogP contribution in [0.25, 0.3) is 11.3 Å². The first-order valence-electron chi connectivity index (χ1n) is 12.5. The normalized spacial score (nSPS) is 14.4. The third-order valence-electron chi connectivity index (χ3n) is 6.76. The van der Waals surface area contributed by atoms with E-state index in [1.165, 1.54) is 11.1 Å². The summed E-state index contributed by atoms with van der Waals surface area (Å²) in [6.07, 6.45) is 1.62. The second-order valence-corrected chi connectivity index (χ2v) is 9.08. The van der Waals surface area contributed by atoms with Gasteiger partial charge in [-0.15, -0.1) is 0 Å². The molecule has 5 heteroatoms. The number of rotatable bonds is 7. The first kappa shape index (κ1) is 23.1. The van der Waals surface area contributed by atoms with Crippen molar-refractivity contribution in [3.05, 3.63) is 118 Å². The smallest absolute Gasteiger partial charge is 0.256 e. The molecule has 178 valence electrons. The molecular weight excluding hydrogens is 432 g/mol. The summed E-state index contributed by atoms with van der Waals surface area (Å²) in [6.45, 7) is 5.48. The SMILES string of the molecule is CCCc1c(-c2ccccc2)nc(N2CCN(C(c3ccccc3)c3ccccc3)CC2)[nH]c1=O. The van der Waals surface area contributed by atoms with E-state index in [1.54, 1.807) is 0 Å². The van der Waals surface area contributed by atoms with Crippen LogP contribution in [0.4, 0.5) is 5.95 Å². The predicted octanol–water partition coefficient (Wildman–Crippen LogP) is 5.30. The molecule has 1 saturated heterocycles. The Morgan fingerprint density at radius 2 is 1.34 bits per heavy atom. The van der Waals surface area contributed by atoms with Gasteiger partial charge in [-0.3, -0.25) is 14.7 Å². The van der Waals surface area contributed by atoms with E-state index in [0.29, 0.717) is 5.95 Å². The third-order valence-corrected chi connectivity index (χ3v) is 6.76. The van der Waals surface area contributed by atoms with Gasteiger partial charge >= 0.3 is 0 Å². The van der Waals surface area contributed by atoms with Crippen LogP contribution < -0.4 is 10.5 Å². The van der Waals surface area contributed by atoms with Gasteiger partial charge in [0.05, 0.1) is 11.7 Å². The van der Waals surface area contributed by atoms with Crippen LogP contribution in [-0.4, -0.2) is 41.0 Å². The van der Waals surface area contributed by atoms with Gasteiger partial charge in [0, 0.05) is 37.3 Å². The summed E-state index contributed by atoms with van der Waals surface area (Å²) in [4.78, 5) is 25.9. The maximum absolute atomic E-state index is 13.1. The monoisotopic (exact) mass is 464 g/mol. The molecule has 0 amide bonds. The Morgan fingerprint density at radius 3 is 1.89 bits per heavy atom. The molecule has 35 heavy (non-hydrogen) atoms. The number of H-pyrrole nitrogens is 1. The zero-order chi connectivity index (χ0) is 24.0. The highest BCUT2D eigenvalue weighted by Gasteiger charge is 2.27. The summed E-state index contributed by atoms with van der Waals surface area (Å²) in [6, 6.07) is 31.7. The summed E-state index contributed by atoms with van der Waals surface area (Å²) in [5.41, 5.74) is 5.15. The quantitative estimate of drug-likeness (QED) is 0.403. The van der Waals surface area contributed by atoms with Crippen LogP contribution in [0.15, 0.2) is 95.8 Å². The minimum Gasteiger partial charge on any atom is -0.340 e. The van der Waals surface area contributed by atoms with E-state index in [-0.39, 0.29) is 11.6 Å². The number of anilines is 1. The lowest BCUT2D eigenvalue weighted by atomic mass is 9.96. The fourth-order valence-electron chi connectivity index (χ4n) is 5.03. The molecule has 1 aliphatic heterocycles. The summed E-state index contributed by atoms with van der Waals surface area (Å²) in [5.74, 6) is 0.671. The fraction of sp³-hybridized carbons (Fsp3) is 0.267. The van der Waals surface area contributed by atoms with Gasteiger partial charge in [0.2, 0.25) is 5.95 Å². The molecule has 5 nitrogen and oxygen atoms in total. The topological polar surface area (TPSA) is 52.2 Å². The van der Waals surface area contributed by atoms with Crippen molar-refractivity contribution in [1.82, 2.24) is 14.9 Å². The lowest BCUT2D eigenvalue weighted by Gasteiger charge is -2.40. The zero-order valence-electron chi connectivity index (χ0n) is 20.2. The number of aromatic nitrogens is 2. The van der Waals surface area contributed by atoms with Gasteiger partial charge in [-0.2, -0.15) is 0 Å². The molecule has 0 aliphatic carbocycles. The van der Waals surface area contributed by atoms with Crippen molar-refractivity contribution in [2.75, 3.05) is 31.1 Å². The molecule has 0 bridgehead atoms. The van der Waals surface area contributed by atoms with E-state index < -0.39 is 0 Å². The summed E-state index contributed by atoms with van der Waals surface area (Å²) >= 11 is 0. The van der Waals surface area contributed by atoms with Gasteiger partial charge in [-0.05, 0) is 17.5 Å². The Hall–Kier alpha value is -3.70. The van der Waals surface area contributed by atoms with E-state index in [9.17, 15) is 4.79 Å². The van der Waals surface area contributed by atoms with Crippen molar-refractivity contribution in [2.24, 2.45) is 0 Å². The standard InChI is InChI=1S/C30H32N4O/c1-2-12-26-27(23-13-6-3-7-14-23)31-30(32-29(26)35)34-21-19-33(20-22-34)28(24-15-8-4-9-16-24)25-17-10-5-11-18-25/h3-11,13-18,28H,2,12,19-22H2,1H3,(H,31,32,35). The second-order valence-electron chi connectivity index (χ2n) is 9.08. The van der Waals surface area contributed by atoms with Crippen LogP contribution in [-0.2, 0) is 6.42 Å². The van der Waals surface area contributed by atoms with Crippen LogP contribution >= 0.6 is 0 Å². The van der Waals surface area contributed by atoms with Crippen molar-refractivity contribution in [3.63, 3.8) is 0 Å². The molecule has 2 heterocycles. The largest absolute Gasteiger partial charge is 0.340 e. The van der Waals surface area contributed by atoms with Gasteiger partial charge in [0.25, 0.3) is 5.56 Å². The lowest BCUT2D eigenvalue weighted by molar-refractivity contribution is 0.211. The van der Waals surface area contributed by atoms with Crippen LogP contribution in [0.1, 0.15) is 36.1 Å². The molecular formula is C30H32N4O. The molecule has 1 N–H and O–H groups in total. The van der Waals surface area contributed by atoms with E-state index in [2.05, 4.69) is 82.4 Å². The third kappa shape index (κ3) is 5.05. The number of nitrogens with one attached hydrogen (secondary N) is 1. The minimum absolute atomic E-state index is 0.0235. The number of piperazine rings is 1. The summed E-state index contributed by atoms with van der Waals surface area (Å²) in [7, 11) is 0. The minimum atomic E-state index is -0.0235. The molecule has 1 aromatic heterocycles. The second kappa shape index (κ2) is 10.7. The van der Waals surface area contributed by atoms with E-state index >= 15 is 0 Å². The van der Waals surface area contributed by atoms with Crippen molar-refractivity contribution < 1.29 is 0 Å². The zero-order valence-corrected chi connectivity index (χ0v) is 20.2. The number of aromatic amines is 1. The molecule has 0 unspecified atom stereocenters. The summed E-state index contributed by atoms with van der Waals surface area (Å²) in [5, 5.41) is 0. The average Bonchev–Trinajstić information content (AvgIpc) is 2.92. The molecule has 1 aliphatic rings. The molecule has 0 atom stereocenters. The highest BCUT2D eigenvalue weighted by molar-refractivity contribution is 5.64. The predicted molar refractivity (Wildman–Crippen MR) is 143 cm³/mol. The lowest BCUT2D eigenvalue weighted by Crippen LogP contribution is -2.48. The van der Waals surface area contributed by atoms with Gasteiger partial charge in [-0.25, -0.2) is 4.98 Å². The van der Waals surface area contributed by atoms with Crippen molar-refractivity contribution in [3.8, 4) is 11.3 Å². The fourth-order valence-corrected chi connectivity index (χ4v) is 5.03. The van der Waals surface area contributed by atoms with Gasteiger partial charge < -0.3 is 4.90 Å². The maximum Gasteiger partial charge on any atom is 0.256 e. The van der Waals surface area contributed by atoms with Crippen LogP contribution in [0.2, 0.25) is 0 Å². The van der Waals surface area contributed by atoms with Crippen molar-refractivity contribution >= 4 is 5.95 Å². The van der Waals surface area contributed by atoms with Gasteiger partial charge in [0.1, 0.15) is 0 Å². The molecule has 3 aromatic carbocycles. The molecule has 0 radical (unpaired) electrons. The number of nitrogens with zero attached hydrogens (tertiary/aromatic N) is 3. The maximum atomic E-state index is 13.1. The Morgan fingerprint density at radius 1 is 0.800 bits per heavy atom. The molecule has 1 fully saturated rings. The van der Waals surface area contributed by atoms with Crippen LogP contribution in [0, 0.1) is 0 Å². The highest BCUT2D eigenvalue weighted by atomic mass is 16.1. The first-order valence-corrected chi connectivity index (χ1v) is 12.5. The van der Waals surface area contributed by atoms with E-state index in [0.717, 1.165) is 55.8 Å². The van der Waals surface area contributed by atoms with Crippen LogP contribution in [0.5, 0.6) is 0 Å². The molecule has 5 rings (SSSR count). The molecule has 4 aromatic rings. The Labute approximate surface area is 207 Å². The molecule has 0 spiro atoms. The number of benzene rings is 3.